The number of thiazole rings is 1. The molecule has 3 heterocycles. The van der Waals surface area contributed by atoms with Crippen LogP contribution in [0.25, 0.3) is 21.5 Å². The van der Waals surface area contributed by atoms with Gasteiger partial charge in [-0.25, -0.2) is 14.4 Å². The van der Waals surface area contributed by atoms with Gasteiger partial charge in [0.05, 0.1) is 29.1 Å². The normalized spacial score (nSPS) is 23.3. The zero-order valence-electron chi connectivity index (χ0n) is 24.2. The third-order valence-electron chi connectivity index (χ3n) is 9.81. The molecule has 3 fully saturated rings. The molecule has 1 unspecified atom stereocenters. The lowest BCUT2D eigenvalue weighted by atomic mass is 9.86. The van der Waals surface area contributed by atoms with Crippen LogP contribution in [0.1, 0.15) is 58.2 Å². The van der Waals surface area contributed by atoms with Crippen LogP contribution >= 0.6 is 11.3 Å². The smallest absolute Gasteiger partial charge is 0.424 e. The Morgan fingerprint density at radius 3 is 2.48 bits per heavy atom. The first kappa shape index (κ1) is 29.1. The van der Waals surface area contributed by atoms with Gasteiger partial charge in [0.2, 0.25) is 11.5 Å². The number of rotatable bonds is 8. The standard InChI is InChI=1S/C32H26F4N4O5S/c1-44-19-10-16(11-20-23(19)40-26(46-20)15-2-3-15)25(41)38-13-30(43,32(34,35)36)21-12-18-24(22(39-21)14-4-6-17(33)7-5-14)45-27-29(8-9-29)31(18,27)28(37)42/h4-7,10-12,15,27,43H,2-3,8-9,13H2,1H3,(H2,37,42)(H,38,41)/t27?,30-,31-/m0/s1. The number of aromatic nitrogens is 2. The number of carbonyl (C=O) groups is 2. The van der Waals surface area contributed by atoms with Crippen molar-refractivity contribution in [1.29, 1.82) is 0 Å². The summed E-state index contributed by atoms with van der Waals surface area (Å²) in [6, 6.07) is 8.75. The van der Waals surface area contributed by atoms with Crippen molar-refractivity contribution >= 4 is 33.4 Å². The highest BCUT2D eigenvalue weighted by atomic mass is 32.1. The number of alkyl halides is 3. The molecular weight excluding hydrogens is 628 g/mol. The van der Waals surface area contributed by atoms with Gasteiger partial charge in [0.1, 0.15) is 34.3 Å². The third-order valence-corrected chi connectivity index (χ3v) is 11.0. The Morgan fingerprint density at radius 1 is 1.15 bits per heavy atom. The molecule has 1 aliphatic heterocycles. The second kappa shape index (κ2) is 9.38. The molecule has 2 amide bonds. The minimum absolute atomic E-state index is 0.0198. The quantitative estimate of drug-likeness (QED) is 0.231. The fourth-order valence-corrected chi connectivity index (χ4v) is 8.19. The molecule has 0 saturated heterocycles. The Bertz CT molecular complexity index is 1970. The molecule has 3 atom stereocenters. The SMILES string of the molecule is COc1cc(C(=O)NC[C@](O)(c2cc3c(c(-c4ccc(F)cc4)n2)OC2C4(CC4)[C@@]32C(N)=O)C(F)(F)F)cc2sc(C3CC3)nc12. The van der Waals surface area contributed by atoms with E-state index in [9.17, 15) is 32.3 Å². The molecule has 9 nitrogen and oxygen atoms in total. The van der Waals surface area contributed by atoms with E-state index in [4.69, 9.17) is 15.2 Å². The number of nitrogens with one attached hydrogen (secondary N) is 1. The van der Waals surface area contributed by atoms with Crippen LogP contribution in [-0.4, -0.2) is 52.8 Å². The number of nitrogens with zero attached hydrogens (tertiary/aromatic N) is 2. The van der Waals surface area contributed by atoms with Gasteiger partial charge in [-0.3, -0.25) is 9.59 Å². The molecule has 2 aromatic heterocycles. The van der Waals surface area contributed by atoms with Gasteiger partial charge in [-0.1, -0.05) is 0 Å². The van der Waals surface area contributed by atoms with Gasteiger partial charge in [0.25, 0.3) is 5.91 Å². The topological polar surface area (TPSA) is 137 Å². The van der Waals surface area contributed by atoms with Crippen LogP contribution in [0.5, 0.6) is 11.5 Å². The van der Waals surface area contributed by atoms with Crippen molar-refractivity contribution in [2.75, 3.05) is 13.7 Å². The Balaban J connectivity index is 1.19. The minimum Gasteiger partial charge on any atom is -0.494 e. The Hall–Kier alpha value is -4.30. The average Bonchev–Trinajstić information content (AvgIpc) is 3.99. The lowest BCUT2D eigenvalue weighted by Gasteiger charge is -2.31. The second-order valence-electron chi connectivity index (χ2n) is 12.5. The van der Waals surface area contributed by atoms with E-state index >= 15 is 0 Å². The molecule has 3 aliphatic carbocycles. The van der Waals surface area contributed by atoms with Gasteiger partial charge >= 0.3 is 6.18 Å². The number of methoxy groups -OCH3 is 1. The summed E-state index contributed by atoms with van der Waals surface area (Å²) < 4.78 is 70.6. The number of aliphatic hydroxyl groups is 1. The number of pyridine rings is 1. The number of halogens is 4. The highest BCUT2D eigenvalue weighted by molar-refractivity contribution is 7.18. The maximum atomic E-state index is 14.9. The molecule has 4 aliphatic rings. The van der Waals surface area contributed by atoms with E-state index in [1.165, 1.54) is 42.7 Å². The zero-order valence-corrected chi connectivity index (χ0v) is 25.0. The van der Waals surface area contributed by atoms with E-state index < -0.39 is 58.6 Å². The van der Waals surface area contributed by atoms with Gasteiger partial charge in [-0.2, -0.15) is 13.2 Å². The van der Waals surface area contributed by atoms with Crippen molar-refractivity contribution in [1.82, 2.24) is 15.3 Å². The number of carbonyl (C=O) groups excluding carboxylic acids is 2. The lowest BCUT2D eigenvalue weighted by molar-refractivity contribution is -0.265. The van der Waals surface area contributed by atoms with E-state index in [-0.39, 0.29) is 28.1 Å². The fraction of sp³-hybridized carbons (Fsp3) is 0.375. The summed E-state index contributed by atoms with van der Waals surface area (Å²) >= 11 is 1.39. The molecular formula is C32H26F4N4O5S. The van der Waals surface area contributed by atoms with E-state index in [1.54, 1.807) is 0 Å². The zero-order chi connectivity index (χ0) is 32.4. The first-order valence-electron chi connectivity index (χ1n) is 14.7. The number of ether oxygens (including phenoxy) is 2. The largest absolute Gasteiger partial charge is 0.494 e. The molecule has 3 saturated carbocycles. The summed E-state index contributed by atoms with van der Waals surface area (Å²) in [5.74, 6) is -1.53. The van der Waals surface area contributed by atoms with Crippen molar-refractivity contribution in [2.24, 2.45) is 11.1 Å². The van der Waals surface area contributed by atoms with Crippen molar-refractivity contribution < 1.29 is 41.7 Å². The predicted molar refractivity (Wildman–Crippen MR) is 157 cm³/mol. The van der Waals surface area contributed by atoms with Gasteiger partial charge in [-0.05, 0) is 68.1 Å². The Labute approximate surface area is 262 Å². The summed E-state index contributed by atoms with van der Waals surface area (Å²) in [5, 5.41) is 14.6. The number of benzene rings is 2. The summed E-state index contributed by atoms with van der Waals surface area (Å²) in [5.41, 5.74) is 0.0475. The minimum atomic E-state index is -5.33. The fourth-order valence-electron chi connectivity index (χ4n) is 7.00. The van der Waals surface area contributed by atoms with Gasteiger partial charge in [0.15, 0.2) is 5.75 Å². The maximum Gasteiger partial charge on any atom is 0.424 e. The molecule has 4 N–H and O–H groups in total. The van der Waals surface area contributed by atoms with Crippen LogP contribution in [0.15, 0.2) is 42.5 Å². The molecule has 0 radical (unpaired) electrons. The predicted octanol–water partition coefficient (Wildman–Crippen LogP) is 4.84. The van der Waals surface area contributed by atoms with E-state index in [2.05, 4.69) is 15.3 Å². The highest BCUT2D eigenvalue weighted by Gasteiger charge is 2.91. The van der Waals surface area contributed by atoms with Crippen LogP contribution in [0.3, 0.4) is 0 Å². The van der Waals surface area contributed by atoms with Crippen LogP contribution in [0.4, 0.5) is 17.6 Å². The third kappa shape index (κ3) is 3.89. The highest BCUT2D eigenvalue weighted by Crippen LogP contribution is 2.83. The Kier molecular flexibility index (Phi) is 5.94. The van der Waals surface area contributed by atoms with Crippen LogP contribution in [0.2, 0.25) is 0 Å². The molecule has 4 aromatic rings. The van der Waals surface area contributed by atoms with Crippen molar-refractivity contribution in [3.63, 3.8) is 0 Å². The summed E-state index contributed by atoms with van der Waals surface area (Å²) in [6.45, 7) is -1.31. The first-order valence-corrected chi connectivity index (χ1v) is 15.5. The monoisotopic (exact) mass is 654 g/mol. The number of primary amides is 1. The first-order chi connectivity index (χ1) is 21.8. The van der Waals surface area contributed by atoms with Crippen LogP contribution < -0.4 is 20.5 Å². The Morgan fingerprint density at radius 2 is 1.87 bits per heavy atom. The lowest BCUT2D eigenvalue weighted by Crippen LogP contribution is -2.51. The molecule has 0 bridgehead atoms. The number of hydrogen-bond acceptors (Lipinski definition) is 8. The van der Waals surface area contributed by atoms with Gasteiger partial charge < -0.3 is 25.6 Å². The molecule has 238 valence electrons. The van der Waals surface area contributed by atoms with Gasteiger partial charge in [-0.15, -0.1) is 11.3 Å². The summed E-state index contributed by atoms with van der Waals surface area (Å²) in [6.07, 6.45) is -2.80. The van der Waals surface area contributed by atoms with Crippen LogP contribution in [0, 0.1) is 11.2 Å². The van der Waals surface area contributed by atoms with Crippen molar-refractivity contribution in [3.8, 4) is 22.8 Å². The van der Waals surface area contributed by atoms with Gasteiger partial charge in [0, 0.05) is 28.0 Å². The van der Waals surface area contributed by atoms with E-state index in [0.717, 1.165) is 36.0 Å². The maximum absolute atomic E-state index is 14.9. The second-order valence-corrected chi connectivity index (χ2v) is 13.5. The number of fused-ring (bicyclic) bond motifs is 6. The molecule has 8 rings (SSSR count). The van der Waals surface area contributed by atoms with Crippen molar-refractivity contribution in [3.05, 3.63) is 70.1 Å². The van der Waals surface area contributed by atoms with E-state index in [1.807, 2.05) is 0 Å². The summed E-state index contributed by atoms with van der Waals surface area (Å²) in [7, 11) is 1.41. The number of nitrogens with two attached hydrogens (primary N) is 1. The molecule has 46 heavy (non-hydrogen) atoms. The average molecular weight is 655 g/mol. The number of hydrogen-bond donors (Lipinski definition) is 3. The van der Waals surface area contributed by atoms with Crippen LogP contribution in [-0.2, 0) is 15.8 Å². The van der Waals surface area contributed by atoms with E-state index in [0.29, 0.717) is 34.7 Å². The summed E-state index contributed by atoms with van der Waals surface area (Å²) in [4.78, 5) is 35.0. The molecule has 1 spiro atoms. The molecule has 2 aromatic carbocycles. The number of amides is 2. The van der Waals surface area contributed by atoms with Crippen molar-refractivity contribution in [2.45, 2.75) is 54.9 Å². The molecule has 14 heteroatoms.